The maximum Gasteiger partial charge on any atom is 0.221 e. The zero-order valence-electron chi connectivity index (χ0n) is 15.3. The molecule has 2 heterocycles. The predicted octanol–water partition coefficient (Wildman–Crippen LogP) is 2.61. The Morgan fingerprint density at radius 3 is 2.88 bits per heavy atom. The molecule has 2 aliphatic heterocycles. The summed E-state index contributed by atoms with van der Waals surface area (Å²) in [4.78, 5) is 13.9. The number of hydrogen-bond donors (Lipinski definition) is 2. The lowest BCUT2D eigenvalue weighted by atomic mass is 9.82. The number of rotatable bonds is 6. The minimum Gasteiger partial charge on any atom is -0.384 e. The molecule has 0 radical (unpaired) electrons. The second-order valence-corrected chi connectivity index (χ2v) is 7.91. The second kappa shape index (κ2) is 8.19. The SMILES string of the molecule is CC1(CNc2ccccc2CN2CCC[C@H](C(N)=O)C2)CCOCC1. The maximum absolute atomic E-state index is 11.5. The molecule has 5 nitrogen and oxygen atoms in total. The second-order valence-electron chi connectivity index (χ2n) is 7.91. The van der Waals surface area contributed by atoms with Gasteiger partial charge in [-0.1, -0.05) is 25.1 Å². The number of carbonyl (C=O) groups is 1. The Balaban J connectivity index is 1.61. The zero-order chi connectivity index (χ0) is 17.7. The third-order valence-corrected chi connectivity index (χ3v) is 5.72. The van der Waals surface area contributed by atoms with E-state index in [0.717, 1.165) is 65.1 Å². The highest BCUT2D eigenvalue weighted by atomic mass is 16.5. The van der Waals surface area contributed by atoms with Gasteiger partial charge in [-0.15, -0.1) is 0 Å². The number of primary amides is 1. The number of amides is 1. The number of likely N-dealkylation sites (tertiary alicyclic amines) is 1. The molecule has 1 atom stereocenters. The molecular formula is C20H31N3O2. The number of hydrogen-bond acceptors (Lipinski definition) is 4. The molecule has 0 aliphatic carbocycles. The first kappa shape index (κ1) is 18.2. The van der Waals surface area contributed by atoms with Crippen molar-refractivity contribution in [3.8, 4) is 0 Å². The fourth-order valence-electron chi connectivity index (χ4n) is 3.85. The van der Waals surface area contributed by atoms with Gasteiger partial charge in [0.25, 0.3) is 0 Å². The highest BCUT2D eigenvalue weighted by Gasteiger charge is 2.28. The Morgan fingerprint density at radius 1 is 1.36 bits per heavy atom. The number of piperidine rings is 1. The summed E-state index contributed by atoms with van der Waals surface area (Å²) >= 11 is 0. The van der Waals surface area contributed by atoms with Crippen molar-refractivity contribution >= 4 is 11.6 Å². The number of nitrogens with two attached hydrogens (primary N) is 1. The van der Waals surface area contributed by atoms with Gasteiger partial charge >= 0.3 is 0 Å². The van der Waals surface area contributed by atoms with Gasteiger partial charge in [0.05, 0.1) is 5.92 Å². The molecule has 3 rings (SSSR count). The van der Waals surface area contributed by atoms with Gasteiger partial charge in [-0.3, -0.25) is 9.69 Å². The van der Waals surface area contributed by atoms with Crippen LogP contribution in [0.25, 0.3) is 0 Å². The molecule has 0 bridgehead atoms. The van der Waals surface area contributed by atoms with Crippen molar-refractivity contribution < 1.29 is 9.53 Å². The number of carbonyl (C=O) groups excluding carboxylic acids is 1. The number of ether oxygens (including phenoxy) is 1. The van der Waals surface area contributed by atoms with Crippen molar-refractivity contribution in [2.75, 3.05) is 38.2 Å². The van der Waals surface area contributed by atoms with Crippen molar-refractivity contribution in [2.24, 2.45) is 17.1 Å². The molecule has 0 aromatic heterocycles. The van der Waals surface area contributed by atoms with Crippen LogP contribution in [0.15, 0.2) is 24.3 Å². The van der Waals surface area contributed by atoms with Crippen LogP contribution < -0.4 is 11.1 Å². The fraction of sp³-hybridized carbons (Fsp3) is 0.650. The molecule has 2 fully saturated rings. The lowest BCUT2D eigenvalue weighted by Crippen LogP contribution is -2.40. The number of para-hydroxylation sites is 1. The Hall–Kier alpha value is -1.59. The van der Waals surface area contributed by atoms with Gasteiger partial charge in [0.1, 0.15) is 0 Å². The third-order valence-electron chi connectivity index (χ3n) is 5.72. The number of anilines is 1. The smallest absolute Gasteiger partial charge is 0.221 e. The molecule has 1 aromatic rings. The van der Waals surface area contributed by atoms with Crippen LogP contribution >= 0.6 is 0 Å². The maximum atomic E-state index is 11.5. The van der Waals surface area contributed by atoms with Crippen molar-refractivity contribution in [1.82, 2.24) is 4.90 Å². The topological polar surface area (TPSA) is 67.6 Å². The van der Waals surface area contributed by atoms with E-state index in [9.17, 15) is 4.79 Å². The number of benzene rings is 1. The quantitative estimate of drug-likeness (QED) is 0.832. The van der Waals surface area contributed by atoms with Gasteiger partial charge in [-0.2, -0.15) is 0 Å². The van der Waals surface area contributed by atoms with E-state index < -0.39 is 0 Å². The van der Waals surface area contributed by atoms with E-state index in [1.54, 1.807) is 0 Å². The largest absolute Gasteiger partial charge is 0.384 e. The van der Waals surface area contributed by atoms with Crippen LogP contribution in [0, 0.1) is 11.3 Å². The summed E-state index contributed by atoms with van der Waals surface area (Å²) in [6, 6.07) is 8.52. The fourth-order valence-corrected chi connectivity index (χ4v) is 3.85. The first-order valence-corrected chi connectivity index (χ1v) is 9.47. The van der Waals surface area contributed by atoms with Crippen LogP contribution in [0.5, 0.6) is 0 Å². The normalized spacial score (nSPS) is 24.0. The van der Waals surface area contributed by atoms with Crippen molar-refractivity contribution in [2.45, 2.75) is 39.2 Å². The van der Waals surface area contributed by atoms with Gasteiger partial charge < -0.3 is 15.8 Å². The standard InChI is InChI=1S/C20H31N3O2/c1-20(8-11-25-12-9-20)15-22-18-7-3-2-5-16(18)13-23-10-4-6-17(14-23)19(21)24/h2-3,5,7,17,22H,4,6,8-15H2,1H3,(H2,21,24)/t17-/m0/s1. The van der Waals surface area contributed by atoms with Gasteiger partial charge in [0.2, 0.25) is 5.91 Å². The molecule has 5 heteroatoms. The summed E-state index contributed by atoms with van der Waals surface area (Å²) in [7, 11) is 0. The minimum absolute atomic E-state index is 0.00461. The van der Waals surface area contributed by atoms with Gasteiger partial charge in [-0.05, 0) is 49.3 Å². The molecule has 1 aromatic carbocycles. The summed E-state index contributed by atoms with van der Waals surface area (Å²) in [6.45, 7) is 7.72. The monoisotopic (exact) mass is 345 g/mol. The minimum atomic E-state index is -0.163. The molecule has 0 unspecified atom stereocenters. The van der Waals surface area contributed by atoms with E-state index in [1.165, 1.54) is 11.3 Å². The Labute approximate surface area is 150 Å². The molecule has 2 saturated heterocycles. The molecule has 1 amide bonds. The summed E-state index contributed by atoms with van der Waals surface area (Å²) in [5.41, 5.74) is 8.31. The Morgan fingerprint density at radius 2 is 2.12 bits per heavy atom. The lowest BCUT2D eigenvalue weighted by Gasteiger charge is -2.35. The van der Waals surface area contributed by atoms with Crippen LogP contribution in [0.1, 0.15) is 38.2 Å². The average Bonchev–Trinajstić information content (AvgIpc) is 2.62. The van der Waals surface area contributed by atoms with E-state index in [-0.39, 0.29) is 11.8 Å². The molecule has 3 N–H and O–H groups in total. The van der Waals surface area contributed by atoms with E-state index >= 15 is 0 Å². The van der Waals surface area contributed by atoms with E-state index in [2.05, 4.69) is 41.4 Å². The van der Waals surface area contributed by atoms with Crippen LogP contribution in [-0.2, 0) is 16.1 Å². The first-order chi connectivity index (χ1) is 12.1. The van der Waals surface area contributed by atoms with Gasteiger partial charge in [0, 0.05) is 38.5 Å². The number of nitrogens with zero attached hydrogens (tertiary/aromatic N) is 1. The first-order valence-electron chi connectivity index (χ1n) is 9.47. The van der Waals surface area contributed by atoms with Crippen LogP contribution in [-0.4, -0.2) is 43.7 Å². The summed E-state index contributed by atoms with van der Waals surface area (Å²) in [5, 5.41) is 3.67. The number of nitrogens with one attached hydrogen (secondary N) is 1. The molecule has 0 saturated carbocycles. The highest BCUT2D eigenvalue weighted by Crippen LogP contribution is 2.31. The van der Waals surface area contributed by atoms with Crippen molar-refractivity contribution in [3.63, 3.8) is 0 Å². The molecule has 25 heavy (non-hydrogen) atoms. The molecular weight excluding hydrogens is 314 g/mol. The third kappa shape index (κ3) is 4.95. The van der Waals surface area contributed by atoms with Crippen molar-refractivity contribution in [3.05, 3.63) is 29.8 Å². The van der Waals surface area contributed by atoms with E-state index in [4.69, 9.17) is 10.5 Å². The lowest BCUT2D eigenvalue weighted by molar-refractivity contribution is -0.123. The highest BCUT2D eigenvalue weighted by molar-refractivity contribution is 5.76. The molecule has 138 valence electrons. The molecule has 2 aliphatic rings. The summed E-state index contributed by atoms with van der Waals surface area (Å²) < 4.78 is 5.50. The average molecular weight is 345 g/mol. The Kier molecular flexibility index (Phi) is 5.97. The van der Waals surface area contributed by atoms with Crippen LogP contribution in [0.2, 0.25) is 0 Å². The predicted molar refractivity (Wildman–Crippen MR) is 100 cm³/mol. The summed E-state index contributed by atoms with van der Waals surface area (Å²) in [6.07, 6.45) is 4.18. The van der Waals surface area contributed by atoms with Crippen molar-refractivity contribution in [1.29, 1.82) is 0 Å². The van der Waals surface area contributed by atoms with E-state index in [1.807, 2.05) is 0 Å². The molecule has 0 spiro atoms. The van der Waals surface area contributed by atoms with Crippen LogP contribution in [0.4, 0.5) is 5.69 Å². The van der Waals surface area contributed by atoms with Gasteiger partial charge in [-0.25, -0.2) is 0 Å². The van der Waals surface area contributed by atoms with Crippen LogP contribution in [0.3, 0.4) is 0 Å². The summed E-state index contributed by atoms with van der Waals surface area (Å²) in [5.74, 6) is -0.168. The zero-order valence-corrected chi connectivity index (χ0v) is 15.3. The van der Waals surface area contributed by atoms with E-state index in [0.29, 0.717) is 5.41 Å². The van der Waals surface area contributed by atoms with Gasteiger partial charge in [0.15, 0.2) is 0 Å². The Bertz CT molecular complexity index is 584.